The van der Waals surface area contributed by atoms with Crippen LogP contribution in [0.1, 0.15) is 36.0 Å². The molecule has 1 saturated heterocycles. The van der Waals surface area contributed by atoms with E-state index in [1.165, 1.54) is 0 Å². The molecule has 1 fully saturated rings. The number of carbonyl (C=O) groups is 3. The van der Waals surface area contributed by atoms with E-state index in [0.717, 1.165) is 6.42 Å². The van der Waals surface area contributed by atoms with Crippen LogP contribution in [-0.4, -0.2) is 47.4 Å². The molecule has 23 heavy (non-hydrogen) atoms. The van der Waals surface area contributed by atoms with Crippen LogP contribution in [0.3, 0.4) is 0 Å². The Morgan fingerprint density at radius 3 is 2.65 bits per heavy atom. The molecule has 0 saturated carbocycles. The van der Waals surface area contributed by atoms with Crippen molar-refractivity contribution in [2.75, 3.05) is 19.6 Å². The molecule has 1 aliphatic heterocycles. The maximum Gasteiger partial charge on any atom is 0.308 e. The van der Waals surface area contributed by atoms with Crippen molar-refractivity contribution in [2.24, 2.45) is 5.92 Å². The van der Waals surface area contributed by atoms with Gasteiger partial charge in [0.05, 0.1) is 5.92 Å². The van der Waals surface area contributed by atoms with Gasteiger partial charge in [0.15, 0.2) is 0 Å². The van der Waals surface area contributed by atoms with E-state index in [0.29, 0.717) is 44.5 Å². The molecule has 0 radical (unpaired) electrons. The highest BCUT2D eigenvalue weighted by Gasteiger charge is 2.27. The van der Waals surface area contributed by atoms with Crippen molar-refractivity contribution in [3.8, 4) is 0 Å². The van der Waals surface area contributed by atoms with Crippen LogP contribution in [0.2, 0.25) is 0 Å². The Bertz CT molecular complexity index is 559. The van der Waals surface area contributed by atoms with Gasteiger partial charge in [-0.1, -0.05) is 18.2 Å². The fourth-order valence-electron chi connectivity index (χ4n) is 2.70. The van der Waals surface area contributed by atoms with Gasteiger partial charge in [0.1, 0.15) is 0 Å². The Hall–Kier alpha value is -2.37. The average Bonchev–Trinajstić information content (AvgIpc) is 2.59. The predicted octanol–water partition coefficient (Wildman–Crippen LogP) is 1.52. The van der Waals surface area contributed by atoms with E-state index in [1.54, 1.807) is 29.2 Å². The van der Waals surface area contributed by atoms with Crippen molar-refractivity contribution in [2.45, 2.75) is 25.7 Å². The topological polar surface area (TPSA) is 86.7 Å². The maximum atomic E-state index is 12.1. The van der Waals surface area contributed by atoms with Gasteiger partial charge in [0.2, 0.25) is 5.91 Å². The van der Waals surface area contributed by atoms with Crippen LogP contribution in [-0.2, 0) is 9.59 Å². The van der Waals surface area contributed by atoms with Crippen LogP contribution < -0.4 is 5.32 Å². The summed E-state index contributed by atoms with van der Waals surface area (Å²) < 4.78 is 0. The van der Waals surface area contributed by atoms with Crippen molar-refractivity contribution in [3.63, 3.8) is 0 Å². The van der Waals surface area contributed by atoms with Crippen molar-refractivity contribution in [3.05, 3.63) is 35.9 Å². The molecular weight excluding hydrogens is 296 g/mol. The van der Waals surface area contributed by atoms with Crippen molar-refractivity contribution in [1.82, 2.24) is 10.2 Å². The van der Waals surface area contributed by atoms with Gasteiger partial charge >= 0.3 is 5.97 Å². The first-order chi connectivity index (χ1) is 11.1. The van der Waals surface area contributed by atoms with Crippen molar-refractivity contribution >= 4 is 17.8 Å². The Labute approximate surface area is 135 Å². The zero-order valence-corrected chi connectivity index (χ0v) is 13.0. The number of aliphatic carboxylic acids is 1. The van der Waals surface area contributed by atoms with E-state index in [1.807, 2.05) is 6.07 Å². The van der Waals surface area contributed by atoms with Gasteiger partial charge in [0.25, 0.3) is 5.91 Å². The summed E-state index contributed by atoms with van der Waals surface area (Å²) in [6, 6.07) is 8.92. The van der Waals surface area contributed by atoms with Crippen LogP contribution in [0.25, 0.3) is 0 Å². The summed E-state index contributed by atoms with van der Waals surface area (Å²) in [5, 5.41) is 11.8. The van der Waals surface area contributed by atoms with Gasteiger partial charge in [-0.15, -0.1) is 0 Å². The fraction of sp³-hybridized carbons (Fsp3) is 0.471. The van der Waals surface area contributed by atoms with E-state index in [2.05, 4.69) is 5.32 Å². The second-order valence-corrected chi connectivity index (χ2v) is 5.74. The summed E-state index contributed by atoms with van der Waals surface area (Å²) >= 11 is 0. The van der Waals surface area contributed by atoms with Gasteiger partial charge in [0, 0.05) is 31.6 Å². The minimum absolute atomic E-state index is 0.0371. The van der Waals surface area contributed by atoms with Crippen LogP contribution >= 0.6 is 0 Å². The molecule has 6 nitrogen and oxygen atoms in total. The monoisotopic (exact) mass is 318 g/mol. The smallest absolute Gasteiger partial charge is 0.308 e. The maximum absolute atomic E-state index is 12.1. The van der Waals surface area contributed by atoms with Crippen LogP contribution in [0.4, 0.5) is 0 Å². The highest BCUT2D eigenvalue weighted by atomic mass is 16.4. The molecule has 1 atom stereocenters. The summed E-state index contributed by atoms with van der Waals surface area (Å²) in [4.78, 5) is 36.6. The third kappa shape index (κ3) is 5.09. The van der Waals surface area contributed by atoms with Crippen LogP contribution in [0.15, 0.2) is 30.3 Å². The Balaban J connectivity index is 1.68. The number of rotatable bonds is 6. The molecule has 0 spiro atoms. The SMILES string of the molecule is O=C(NCCCC(=O)N1CCCC(C(=O)O)C1)c1ccccc1. The first kappa shape index (κ1) is 17.0. The molecular formula is C17H22N2O4. The van der Waals surface area contributed by atoms with E-state index < -0.39 is 11.9 Å². The first-order valence-electron chi connectivity index (χ1n) is 7.92. The Morgan fingerprint density at radius 1 is 1.22 bits per heavy atom. The third-order valence-corrected chi connectivity index (χ3v) is 4.01. The van der Waals surface area contributed by atoms with Crippen molar-refractivity contribution in [1.29, 1.82) is 0 Å². The number of benzene rings is 1. The molecule has 1 aliphatic rings. The molecule has 6 heteroatoms. The number of nitrogens with zero attached hydrogens (tertiary/aromatic N) is 1. The molecule has 1 aromatic rings. The standard InChI is InChI=1S/C17H22N2O4/c20-15(19-11-5-8-14(12-19)17(22)23)9-4-10-18-16(21)13-6-2-1-3-7-13/h1-3,6-7,14H,4-5,8-12H2,(H,18,21)(H,22,23). The number of carboxylic acid groups (broad SMARTS) is 1. The quantitative estimate of drug-likeness (QED) is 0.779. The number of carbonyl (C=O) groups excluding carboxylic acids is 2. The van der Waals surface area contributed by atoms with E-state index in [-0.39, 0.29) is 11.8 Å². The summed E-state index contributed by atoms with van der Waals surface area (Å²) in [6.45, 7) is 1.35. The molecule has 1 heterocycles. The minimum atomic E-state index is -0.836. The normalized spacial score (nSPS) is 17.6. The first-order valence-corrected chi connectivity index (χ1v) is 7.92. The minimum Gasteiger partial charge on any atom is -0.481 e. The number of hydrogen-bond donors (Lipinski definition) is 2. The Morgan fingerprint density at radius 2 is 1.96 bits per heavy atom. The highest BCUT2D eigenvalue weighted by Crippen LogP contribution is 2.17. The molecule has 1 aromatic carbocycles. The fourth-order valence-corrected chi connectivity index (χ4v) is 2.70. The lowest BCUT2D eigenvalue weighted by Gasteiger charge is -2.30. The van der Waals surface area contributed by atoms with Gasteiger partial charge in [-0.3, -0.25) is 14.4 Å². The van der Waals surface area contributed by atoms with Crippen LogP contribution in [0.5, 0.6) is 0 Å². The lowest BCUT2D eigenvalue weighted by molar-refractivity contribution is -0.145. The summed E-state index contributed by atoms with van der Waals surface area (Å²) in [5.74, 6) is -1.48. The predicted molar refractivity (Wildman–Crippen MR) is 84.9 cm³/mol. The van der Waals surface area contributed by atoms with Gasteiger partial charge in [-0.2, -0.15) is 0 Å². The molecule has 0 aliphatic carbocycles. The van der Waals surface area contributed by atoms with E-state index in [9.17, 15) is 14.4 Å². The largest absolute Gasteiger partial charge is 0.481 e. The second kappa shape index (κ2) is 8.31. The third-order valence-electron chi connectivity index (χ3n) is 4.01. The molecule has 2 N–H and O–H groups in total. The highest BCUT2D eigenvalue weighted by molar-refractivity contribution is 5.94. The van der Waals surface area contributed by atoms with Crippen molar-refractivity contribution < 1.29 is 19.5 Å². The summed E-state index contributed by atoms with van der Waals surface area (Å²) in [5.41, 5.74) is 0.596. The Kier molecular flexibility index (Phi) is 6.14. The molecule has 0 bridgehead atoms. The van der Waals surface area contributed by atoms with E-state index >= 15 is 0 Å². The molecule has 124 valence electrons. The molecule has 1 unspecified atom stereocenters. The van der Waals surface area contributed by atoms with Gasteiger partial charge in [-0.05, 0) is 31.4 Å². The van der Waals surface area contributed by atoms with Crippen LogP contribution in [0, 0.1) is 5.92 Å². The average molecular weight is 318 g/mol. The zero-order chi connectivity index (χ0) is 16.7. The molecule has 2 amide bonds. The number of hydrogen-bond acceptors (Lipinski definition) is 3. The number of carboxylic acids is 1. The molecule has 2 rings (SSSR count). The van der Waals surface area contributed by atoms with E-state index in [4.69, 9.17) is 5.11 Å². The number of amides is 2. The lowest BCUT2D eigenvalue weighted by Crippen LogP contribution is -2.42. The lowest BCUT2D eigenvalue weighted by atomic mass is 9.98. The molecule has 0 aromatic heterocycles. The van der Waals surface area contributed by atoms with Gasteiger partial charge in [-0.25, -0.2) is 0 Å². The number of nitrogens with one attached hydrogen (secondary N) is 1. The second-order valence-electron chi connectivity index (χ2n) is 5.74. The number of likely N-dealkylation sites (tertiary alicyclic amines) is 1. The summed E-state index contributed by atoms with van der Waals surface area (Å²) in [6.07, 6.45) is 2.23. The zero-order valence-electron chi connectivity index (χ0n) is 13.0. The van der Waals surface area contributed by atoms with Gasteiger partial charge < -0.3 is 15.3 Å². The number of piperidine rings is 1. The summed E-state index contributed by atoms with van der Waals surface area (Å²) in [7, 11) is 0.